The number of carboxylic acid groups (broad SMARTS) is 1. The third-order valence-corrected chi connectivity index (χ3v) is 2.55. The standard InChI is InChI=1S/C10H13N3O3/c14-9(15)7-13-6-3-8(11-13)10(16)12-4-1-2-5-12/h3,6H,1-2,4-5,7H2,(H,14,15). The minimum Gasteiger partial charge on any atom is -0.480 e. The summed E-state index contributed by atoms with van der Waals surface area (Å²) in [6.45, 7) is 1.32. The summed E-state index contributed by atoms with van der Waals surface area (Å²) in [6, 6.07) is 1.56. The molecule has 0 bridgehead atoms. The van der Waals surface area contributed by atoms with E-state index in [9.17, 15) is 9.59 Å². The first-order valence-corrected chi connectivity index (χ1v) is 5.21. The van der Waals surface area contributed by atoms with E-state index in [-0.39, 0.29) is 12.5 Å². The van der Waals surface area contributed by atoms with E-state index in [2.05, 4.69) is 5.10 Å². The van der Waals surface area contributed by atoms with E-state index in [0.29, 0.717) is 5.69 Å². The van der Waals surface area contributed by atoms with Crippen LogP contribution in [0.25, 0.3) is 0 Å². The number of carboxylic acids is 1. The third kappa shape index (κ3) is 2.21. The van der Waals surface area contributed by atoms with E-state index >= 15 is 0 Å². The van der Waals surface area contributed by atoms with Gasteiger partial charge in [0, 0.05) is 19.3 Å². The Labute approximate surface area is 92.5 Å². The molecule has 1 aliphatic rings. The Kier molecular flexibility index (Phi) is 2.89. The van der Waals surface area contributed by atoms with Gasteiger partial charge in [-0.3, -0.25) is 14.3 Å². The molecule has 0 radical (unpaired) electrons. The monoisotopic (exact) mass is 223 g/mol. The van der Waals surface area contributed by atoms with Crippen molar-refractivity contribution in [2.45, 2.75) is 19.4 Å². The summed E-state index contributed by atoms with van der Waals surface area (Å²) in [5.74, 6) is -1.08. The van der Waals surface area contributed by atoms with Crippen molar-refractivity contribution in [2.75, 3.05) is 13.1 Å². The summed E-state index contributed by atoms with van der Waals surface area (Å²) in [7, 11) is 0. The van der Waals surface area contributed by atoms with Gasteiger partial charge in [-0.25, -0.2) is 0 Å². The van der Waals surface area contributed by atoms with Gasteiger partial charge in [0.25, 0.3) is 5.91 Å². The summed E-state index contributed by atoms with van der Waals surface area (Å²) in [6.07, 6.45) is 3.57. The summed E-state index contributed by atoms with van der Waals surface area (Å²) in [5, 5.41) is 12.5. The predicted octanol–water partition coefficient (Wildman–Crippen LogP) is 0.204. The van der Waals surface area contributed by atoms with Gasteiger partial charge >= 0.3 is 5.97 Å². The molecule has 0 spiro atoms. The molecule has 86 valence electrons. The molecule has 1 N–H and O–H groups in total. The van der Waals surface area contributed by atoms with Crippen molar-refractivity contribution in [3.05, 3.63) is 18.0 Å². The van der Waals surface area contributed by atoms with E-state index < -0.39 is 5.97 Å². The van der Waals surface area contributed by atoms with Crippen LogP contribution in [0, 0.1) is 0 Å². The van der Waals surface area contributed by atoms with Crippen LogP contribution in [-0.2, 0) is 11.3 Å². The molecule has 6 nitrogen and oxygen atoms in total. The van der Waals surface area contributed by atoms with Crippen LogP contribution >= 0.6 is 0 Å². The predicted molar refractivity (Wildman–Crippen MR) is 55.0 cm³/mol. The fourth-order valence-corrected chi connectivity index (χ4v) is 1.78. The Morgan fingerprint density at radius 2 is 2.06 bits per heavy atom. The number of hydrogen-bond acceptors (Lipinski definition) is 3. The van der Waals surface area contributed by atoms with Crippen molar-refractivity contribution in [1.82, 2.24) is 14.7 Å². The summed E-state index contributed by atoms with van der Waals surface area (Å²) in [4.78, 5) is 24.0. The Hall–Kier alpha value is -1.85. The fraction of sp³-hybridized carbons (Fsp3) is 0.500. The molecular weight excluding hydrogens is 210 g/mol. The van der Waals surface area contributed by atoms with Crippen LogP contribution < -0.4 is 0 Å². The molecule has 2 rings (SSSR count). The number of hydrogen-bond donors (Lipinski definition) is 1. The smallest absolute Gasteiger partial charge is 0.325 e. The molecule has 2 heterocycles. The molecule has 1 amide bonds. The van der Waals surface area contributed by atoms with Crippen molar-refractivity contribution in [1.29, 1.82) is 0 Å². The number of likely N-dealkylation sites (tertiary alicyclic amines) is 1. The second kappa shape index (κ2) is 4.34. The van der Waals surface area contributed by atoms with Gasteiger partial charge in [0.1, 0.15) is 12.2 Å². The van der Waals surface area contributed by atoms with E-state index in [4.69, 9.17) is 5.11 Å². The lowest BCUT2D eigenvalue weighted by Gasteiger charge is -2.12. The Bertz CT molecular complexity index is 407. The first-order chi connectivity index (χ1) is 7.66. The highest BCUT2D eigenvalue weighted by Gasteiger charge is 2.21. The average Bonchev–Trinajstić information content (AvgIpc) is 2.84. The fourth-order valence-electron chi connectivity index (χ4n) is 1.78. The van der Waals surface area contributed by atoms with Gasteiger partial charge in [-0.05, 0) is 18.9 Å². The van der Waals surface area contributed by atoms with E-state index in [1.807, 2.05) is 0 Å². The Morgan fingerprint density at radius 1 is 1.38 bits per heavy atom. The molecule has 6 heteroatoms. The maximum atomic E-state index is 11.8. The molecule has 1 saturated heterocycles. The van der Waals surface area contributed by atoms with Crippen LogP contribution in [0.4, 0.5) is 0 Å². The van der Waals surface area contributed by atoms with Crippen molar-refractivity contribution in [3.63, 3.8) is 0 Å². The lowest BCUT2D eigenvalue weighted by molar-refractivity contribution is -0.137. The van der Waals surface area contributed by atoms with Gasteiger partial charge in [-0.1, -0.05) is 0 Å². The second-order valence-corrected chi connectivity index (χ2v) is 3.79. The van der Waals surface area contributed by atoms with Gasteiger partial charge < -0.3 is 10.0 Å². The third-order valence-electron chi connectivity index (χ3n) is 2.55. The highest BCUT2D eigenvalue weighted by Crippen LogP contribution is 2.11. The van der Waals surface area contributed by atoms with E-state index in [1.165, 1.54) is 10.9 Å². The molecule has 0 aliphatic carbocycles. The largest absolute Gasteiger partial charge is 0.480 e. The Morgan fingerprint density at radius 3 is 2.69 bits per heavy atom. The molecular formula is C10H13N3O3. The maximum Gasteiger partial charge on any atom is 0.325 e. The van der Waals surface area contributed by atoms with Crippen molar-refractivity contribution < 1.29 is 14.7 Å². The second-order valence-electron chi connectivity index (χ2n) is 3.79. The number of carbonyl (C=O) groups excluding carboxylic acids is 1. The average molecular weight is 223 g/mol. The molecule has 1 aromatic heterocycles. The number of amides is 1. The van der Waals surface area contributed by atoms with Gasteiger partial charge in [-0.2, -0.15) is 5.10 Å². The zero-order valence-corrected chi connectivity index (χ0v) is 8.80. The van der Waals surface area contributed by atoms with E-state index in [1.54, 1.807) is 11.0 Å². The number of aromatic nitrogens is 2. The van der Waals surface area contributed by atoms with E-state index in [0.717, 1.165) is 25.9 Å². The normalized spacial score (nSPS) is 15.4. The lowest BCUT2D eigenvalue weighted by Crippen LogP contribution is -2.28. The van der Waals surface area contributed by atoms with Gasteiger partial charge in [0.15, 0.2) is 0 Å². The summed E-state index contributed by atoms with van der Waals surface area (Å²) < 4.78 is 1.26. The first-order valence-electron chi connectivity index (χ1n) is 5.21. The number of carbonyl (C=O) groups is 2. The highest BCUT2D eigenvalue weighted by molar-refractivity contribution is 5.92. The molecule has 0 unspecified atom stereocenters. The summed E-state index contributed by atoms with van der Waals surface area (Å²) in [5.41, 5.74) is 0.322. The van der Waals surface area contributed by atoms with Gasteiger partial charge in [0.2, 0.25) is 0 Å². The van der Waals surface area contributed by atoms with Crippen molar-refractivity contribution >= 4 is 11.9 Å². The minimum absolute atomic E-state index is 0.110. The Balaban J connectivity index is 2.05. The van der Waals surface area contributed by atoms with Crippen LogP contribution in [0.5, 0.6) is 0 Å². The van der Waals surface area contributed by atoms with Crippen LogP contribution in [-0.4, -0.2) is 44.8 Å². The quantitative estimate of drug-likeness (QED) is 0.794. The molecule has 0 saturated carbocycles. The molecule has 0 aromatic carbocycles. The van der Waals surface area contributed by atoms with Crippen LogP contribution in [0.15, 0.2) is 12.3 Å². The van der Waals surface area contributed by atoms with Crippen LogP contribution in [0.2, 0.25) is 0 Å². The molecule has 16 heavy (non-hydrogen) atoms. The van der Waals surface area contributed by atoms with Gasteiger partial charge in [-0.15, -0.1) is 0 Å². The number of aliphatic carboxylic acids is 1. The van der Waals surface area contributed by atoms with Gasteiger partial charge in [0.05, 0.1) is 0 Å². The molecule has 1 fully saturated rings. The highest BCUT2D eigenvalue weighted by atomic mass is 16.4. The number of nitrogens with zero attached hydrogens (tertiary/aromatic N) is 3. The zero-order valence-electron chi connectivity index (χ0n) is 8.80. The summed E-state index contributed by atoms with van der Waals surface area (Å²) >= 11 is 0. The van der Waals surface area contributed by atoms with Crippen LogP contribution in [0.1, 0.15) is 23.3 Å². The van der Waals surface area contributed by atoms with Crippen molar-refractivity contribution in [3.8, 4) is 0 Å². The SMILES string of the molecule is O=C(O)Cn1ccc(C(=O)N2CCCC2)n1. The minimum atomic E-state index is -0.969. The van der Waals surface area contributed by atoms with Crippen LogP contribution in [0.3, 0.4) is 0 Å². The topological polar surface area (TPSA) is 75.4 Å². The molecule has 1 aliphatic heterocycles. The first kappa shape index (κ1) is 10.7. The lowest BCUT2D eigenvalue weighted by atomic mass is 10.4. The maximum absolute atomic E-state index is 11.8. The molecule has 0 atom stereocenters. The molecule has 1 aromatic rings. The zero-order chi connectivity index (χ0) is 11.5. The van der Waals surface area contributed by atoms with Crippen molar-refractivity contribution in [2.24, 2.45) is 0 Å². The number of rotatable bonds is 3.